The van der Waals surface area contributed by atoms with Crippen LogP contribution in [0.2, 0.25) is 0 Å². The van der Waals surface area contributed by atoms with Crippen molar-refractivity contribution in [3.8, 4) is 17.0 Å². The van der Waals surface area contributed by atoms with E-state index in [1.54, 1.807) is 24.3 Å². The molecule has 2 aromatic rings. The van der Waals surface area contributed by atoms with Gasteiger partial charge in [-0.1, -0.05) is 13.0 Å². The van der Waals surface area contributed by atoms with Crippen molar-refractivity contribution in [2.45, 2.75) is 26.2 Å². The van der Waals surface area contributed by atoms with Crippen LogP contribution < -0.4 is 4.74 Å². The van der Waals surface area contributed by atoms with E-state index in [0.717, 1.165) is 18.1 Å². The van der Waals surface area contributed by atoms with Gasteiger partial charge in [0.25, 0.3) is 5.92 Å². The van der Waals surface area contributed by atoms with Crippen LogP contribution in [0.3, 0.4) is 0 Å². The van der Waals surface area contributed by atoms with E-state index in [0.29, 0.717) is 12.1 Å². The molecule has 0 spiro atoms. The monoisotopic (exact) mass is 321 g/mol. The molecule has 0 bridgehead atoms. The van der Waals surface area contributed by atoms with Crippen LogP contribution in [0.25, 0.3) is 11.3 Å². The summed E-state index contributed by atoms with van der Waals surface area (Å²) in [5.41, 5.74) is 2.51. The lowest BCUT2D eigenvalue weighted by atomic mass is 9.99. The molecule has 0 unspecified atom stereocenters. The number of nitrogens with zero attached hydrogens (tertiary/aromatic N) is 1. The molecular weight excluding hydrogens is 304 g/mol. The van der Waals surface area contributed by atoms with Gasteiger partial charge in [0.1, 0.15) is 5.75 Å². The molecule has 122 valence electrons. The number of rotatable bonds is 6. The number of halogens is 2. The molecule has 2 rings (SSSR count). The Hall–Kier alpha value is -2.50. The van der Waals surface area contributed by atoms with Gasteiger partial charge in [0.15, 0.2) is 6.61 Å². The van der Waals surface area contributed by atoms with Crippen molar-refractivity contribution >= 4 is 5.97 Å². The summed E-state index contributed by atoms with van der Waals surface area (Å²) in [6.07, 6.45) is 2.03. The fourth-order valence-corrected chi connectivity index (χ4v) is 2.10. The Labute approximate surface area is 132 Å². The number of carbonyl (C=O) groups is 1. The van der Waals surface area contributed by atoms with Crippen LogP contribution in [0.1, 0.15) is 29.8 Å². The molecule has 0 saturated carbocycles. The third kappa shape index (κ3) is 4.48. The standard InChI is InChI=1S/C17H17F2NO3/c1-3-11-8-12(16(21)22)4-6-14(11)15-7-5-13(9-20-15)23-10-17(2,18)19/h4-9H,3,10H2,1-2H3,(H,21,22). The van der Waals surface area contributed by atoms with Crippen molar-refractivity contribution in [1.82, 2.24) is 4.98 Å². The molecule has 0 aliphatic rings. The number of aromatic nitrogens is 1. The lowest BCUT2D eigenvalue weighted by Gasteiger charge is -2.12. The maximum Gasteiger partial charge on any atom is 0.335 e. The van der Waals surface area contributed by atoms with Gasteiger partial charge in [-0.15, -0.1) is 0 Å². The first-order valence-electron chi connectivity index (χ1n) is 7.13. The fraction of sp³-hybridized carbons (Fsp3) is 0.294. The maximum absolute atomic E-state index is 12.8. The molecule has 4 nitrogen and oxygen atoms in total. The Kier molecular flexibility index (Phi) is 4.93. The van der Waals surface area contributed by atoms with Crippen LogP contribution in [0.4, 0.5) is 8.78 Å². The van der Waals surface area contributed by atoms with Gasteiger partial charge < -0.3 is 9.84 Å². The number of benzene rings is 1. The van der Waals surface area contributed by atoms with Crippen LogP contribution >= 0.6 is 0 Å². The topological polar surface area (TPSA) is 59.4 Å². The molecule has 0 atom stereocenters. The summed E-state index contributed by atoms with van der Waals surface area (Å²) in [7, 11) is 0. The number of carboxylic acids is 1. The lowest BCUT2D eigenvalue weighted by Crippen LogP contribution is -2.20. The number of alkyl halides is 2. The molecule has 0 aliphatic carbocycles. The van der Waals surface area contributed by atoms with E-state index in [1.807, 2.05) is 6.92 Å². The van der Waals surface area contributed by atoms with Crippen LogP contribution in [0.5, 0.6) is 5.75 Å². The Balaban J connectivity index is 2.24. The smallest absolute Gasteiger partial charge is 0.335 e. The third-order valence-corrected chi connectivity index (χ3v) is 3.24. The Morgan fingerprint density at radius 3 is 2.57 bits per heavy atom. The van der Waals surface area contributed by atoms with Gasteiger partial charge in [-0.2, -0.15) is 0 Å². The highest BCUT2D eigenvalue weighted by Gasteiger charge is 2.22. The normalized spacial score (nSPS) is 11.3. The van der Waals surface area contributed by atoms with Gasteiger partial charge in [0.2, 0.25) is 0 Å². The summed E-state index contributed by atoms with van der Waals surface area (Å²) in [4.78, 5) is 15.2. The highest BCUT2D eigenvalue weighted by molar-refractivity contribution is 5.88. The number of aryl methyl sites for hydroxylation is 1. The Morgan fingerprint density at radius 1 is 1.30 bits per heavy atom. The largest absolute Gasteiger partial charge is 0.486 e. The van der Waals surface area contributed by atoms with Gasteiger partial charge in [0.05, 0.1) is 17.5 Å². The first-order valence-corrected chi connectivity index (χ1v) is 7.13. The number of hydrogen-bond acceptors (Lipinski definition) is 3. The van der Waals surface area contributed by atoms with Gasteiger partial charge in [-0.05, 0) is 36.2 Å². The van der Waals surface area contributed by atoms with E-state index in [1.165, 1.54) is 12.3 Å². The van der Waals surface area contributed by atoms with E-state index < -0.39 is 18.5 Å². The first kappa shape index (κ1) is 16.9. The SMILES string of the molecule is CCc1cc(C(=O)O)ccc1-c1ccc(OCC(C)(F)F)cn1. The van der Waals surface area contributed by atoms with E-state index in [4.69, 9.17) is 9.84 Å². The van der Waals surface area contributed by atoms with E-state index in [9.17, 15) is 13.6 Å². The maximum atomic E-state index is 12.8. The second-order valence-corrected chi connectivity index (χ2v) is 5.27. The van der Waals surface area contributed by atoms with Crippen molar-refractivity contribution in [2.75, 3.05) is 6.61 Å². The second kappa shape index (κ2) is 6.73. The summed E-state index contributed by atoms with van der Waals surface area (Å²) in [6, 6.07) is 8.06. The lowest BCUT2D eigenvalue weighted by molar-refractivity contribution is -0.0230. The Morgan fingerprint density at radius 2 is 2.04 bits per heavy atom. The summed E-state index contributed by atoms with van der Waals surface area (Å²) in [5.74, 6) is -3.63. The average Bonchev–Trinajstić information content (AvgIpc) is 2.52. The number of carboxylic acid groups (broad SMARTS) is 1. The number of aromatic carboxylic acids is 1. The van der Waals surface area contributed by atoms with Gasteiger partial charge in [-0.25, -0.2) is 13.6 Å². The number of hydrogen-bond donors (Lipinski definition) is 1. The van der Waals surface area contributed by atoms with Gasteiger partial charge in [-0.3, -0.25) is 4.98 Å². The zero-order chi connectivity index (χ0) is 17.0. The van der Waals surface area contributed by atoms with Gasteiger partial charge >= 0.3 is 5.97 Å². The molecule has 1 aromatic heterocycles. The Bertz CT molecular complexity index is 694. The average molecular weight is 321 g/mol. The summed E-state index contributed by atoms with van der Waals surface area (Å²) in [5, 5.41) is 9.03. The molecule has 0 saturated heterocycles. The molecule has 6 heteroatoms. The highest BCUT2D eigenvalue weighted by atomic mass is 19.3. The minimum atomic E-state index is -2.90. The van der Waals surface area contributed by atoms with Crippen molar-refractivity contribution < 1.29 is 23.4 Å². The molecule has 0 aliphatic heterocycles. The molecule has 0 amide bonds. The molecule has 23 heavy (non-hydrogen) atoms. The van der Waals surface area contributed by atoms with Crippen molar-refractivity contribution in [2.24, 2.45) is 0 Å². The third-order valence-electron chi connectivity index (χ3n) is 3.24. The summed E-state index contributed by atoms with van der Waals surface area (Å²) < 4.78 is 30.5. The van der Waals surface area contributed by atoms with Crippen molar-refractivity contribution in [1.29, 1.82) is 0 Å². The summed E-state index contributed by atoms with van der Waals surface area (Å²) in [6.45, 7) is 2.00. The van der Waals surface area contributed by atoms with E-state index >= 15 is 0 Å². The second-order valence-electron chi connectivity index (χ2n) is 5.27. The first-order chi connectivity index (χ1) is 10.8. The van der Waals surface area contributed by atoms with Gasteiger partial charge in [0, 0.05) is 12.5 Å². The minimum Gasteiger partial charge on any atom is -0.486 e. The predicted molar refractivity (Wildman–Crippen MR) is 82.1 cm³/mol. The minimum absolute atomic E-state index is 0.218. The van der Waals surface area contributed by atoms with Crippen LogP contribution in [-0.4, -0.2) is 28.6 Å². The van der Waals surface area contributed by atoms with E-state index in [-0.39, 0.29) is 11.3 Å². The van der Waals surface area contributed by atoms with Crippen molar-refractivity contribution in [3.63, 3.8) is 0 Å². The zero-order valence-electron chi connectivity index (χ0n) is 12.8. The fourth-order valence-electron chi connectivity index (χ4n) is 2.10. The molecule has 0 radical (unpaired) electrons. The number of pyridine rings is 1. The quantitative estimate of drug-likeness (QED) is 0.872. The van der Waals surface area contributed by atoms with Crippen LogP contribution in [0, 0.1) is 0 Å². The van der Waals surface area contributed by atoms with Crippen LogP contribution in [-0.2, 0) is 6.42 Å². The molecule has 1 N–H and O–H groups in total. The van der Waals surface area contributed by atoms with Crippen LogP contribution in [0.15, 0.2) is 36.5 Å². The molecular formula is C17H17F2NO3. The zero-order valence-corrected chi connectivity index (χ0v) is 12.8. The van der Waals surface area contributed by atoms with Crippen molar-refractivity contribution in [3.05, 3.63) is 47.7 Å². The van der Waals surface area contributed by atoms with E-state index in [2.05, 4.69) is 4.98 Å². The molecule has 1 heterocycles. The number of ether oxygens (including phenoxy) is 1. The molecule has 0 fully saturated rings. The molecule has 1 aromatic carbocycles. The predicted octanol–water partition coefficient (Wildman–Crippen LogP) is 4.04. The summed E-state index contributed by atoms with van der Waals surface area (Å²) >= 11 is 0. The highest BCUT2D eigenvalue weighted by Crippen LogP contribution is 2.25.